The third-order valence-electron chi connectivity index (χ3n) is 1.52. The van der Waals surface area contributed by atoms with E-state index in [9.17, 15) is 0 Å². The van der Waals surface area contributed by atoms with Gasteiger partial charge < -0.3 is 0 Å². The van der Waals surface area contributed by atoms with Crippen molar-refractivity contribution < 1.29 is 0 Å². The van der Waals surface area contributed by atoms with E-state index in [1.807, 2.05) is 21.6 Å². The SMILES string of the molecule is C=C(C=C1SS1)CCC=C(C)C. The third-order valence-corrected chi connectivity index (χ3v) is 3.19. The van der Waals surface area contributed by atoms with E-state index in [1.165, 1.54) is 15.4 Å². The first-order valence-electron chi connectivity index (χ1n) is 4.06. The fourth-order valence-corrected chi connectivity index (χ4v) is 1.77. The Morgan fingerprint density at radius 1 is 1.42 bits per heavy atom. The van der Waals surface area contributed by atoms with Gasteiger partial charge in [0.25, 0.3) is 0 Å². The summed E-state index contributed by atoms with van der Waals surface area (Å²) >= 11 is 0. The summed E-state index contributed by atoms with van der Waals surface area (Å²) in [5, 5.41) is 0. The molecule has 0 spiro atoms. The summed E-state index contributed by atoms with van der Waals surface area (Å²) in [6.07, 6.45) is 6.67. The lowest BCUT2D eigenvalue weighted by atomic mass is 10.1. The molecule has 0 saturated carbocycles. The normalized spacial score (nSPS) is 14.0. The van der Waals surface area contributed by atoms with Crippen molar-refractivity contribution in [2.24, 2.45) is 0 Å². The van der Waals surface area contributed by atoms with Crippen molar-refractivity contribution in [1.82, 2.24) is 0 Å². The molecule has 0 aliphatic carbocycles. The second-order valence-corrected chi connectivity index (χ2v) is 5.58. The minimum atomic E-state index is 1.09. The molecule has 0 amide bonds. The van der Waals surface area contributed by atoms with Crippen LogP contribution in [0.1, 0.15) is 26.7 Å². The molecule has 1 aliphatic heterocycles. The van der Waals surface area contributed by atoms with Crippen LogP contribution in [0.5, 0.6) is 0 Å². The fraction of sp³-hybridized carbons (Fsp3) is 0.400. The molecule has 0 aromatic carbocycles. The van der Waals surface area contributed by atoms with Gasteiger partial charge in [-0.3, -0.25) is 0 Å². The molecule has 0 aromatic rings. The van der Waals surface area contributed by atoms with Gasteiger partial charge in [0, 0.05) is 0 Å². The van der Waals surface area contributed by atoms with Crippen molar-refractivity contribution in [3.63, 3.8) is 0 Å². The number of allylic oxidation sites excluding steroid dienone is 4. The molecule has 1 heterocycles. The topological polar surface area (TPSA) is 0 Å². The first-order chi connectivity index (χ1) is 5.68. The monoisotopic (exact) mass is 198 g/mol. The van der Waals surface area contributed by atoms with Crippen molar-refractivity contribution in [2.75, 3.05) is 0 Å². The number of hydrogen-bond donors (Lipinski definition) is 0. The zero-order valence-corrected chi connectivity index (χ0v) is 9.23. The van der Waals surface area contributed by atoms with Crippen LogP contribution in [0.2, 0.25) is 0 Å². The van der Waals surface area contributed by atoms with Gasteiger partial charge in [-0.05, 0) is 54.4 Å². The van der Waals surface area contributed by atoms with E-state index in [0.29, 0.717) is 0 Å². The summed E-state index contributed by atoms with van der Waals surface area (Å²) in [5.74, 6) is 0. The van der Waals surface area contributed by atoms with Crippen LogP contribution in [0.3, 0.4) is 0 Å². The maximum Gasteiger partial charge on any atom is 0.0629 e. The van der Waals surface area contributed by atoms with E-state index >= 15 is 0 Å². The Labute approximate surface area is 82.6 Å². The molecule has 1 fully saturated rings. The Morgan fingerprint density at radius 2 is 2.08 bits per heavy atom. The molecule has 2 heteroatoms. The Morgan fingerprint density at radius 3 is 2.58 bits per heavy atom. The van der Waals surface area contributed by atoms with Crippen LogP contribution in [-0.2, 0) is 0 Å². The smallest absolute Gasteiger partial charge is 0.0629 e. The number of hydrogen-bond acceptors (Lipinski definition) is 2. The minimum absolute atomic E-state index is 1.09. The van der Waals surface area contributed by atoms with Gasteiger partial charge in [0.05, 0.1) is 4.24 Å². The molecule has 0 nitrogen and oxygen atoms in total. The summed E-state index contributed by atoms with van der Waals surface area (Å²) in [6.45, 7) is 8.26. The summed E-state index contributed by atoms with van der Waals surface area (Å²) < 4.78 is 1.41. The lowest BCUT2D eigenvalue weighted by Gasteiger charge is -1.95. The zero-order valence-electron chi connectivity index (χ0n) is 7.59. The van der Waals surface area contributed by atoms with Crippen LogP contribution in [0.4, 0.5) is 0 Å². The predicted molar refractivity (Wildman–Crippen MR) is 61.1 cm³/mol. The third kappa shape index (κ3) is 4.73. The molecular formula is C10H14S2. The molecule has 1 aliphatic rings. The predicted octanol–water partition coefficient (Wildman–Crippen LogP) is 4.53. The quantitative estimate of drug-likeness (QED) is 0.370. The minimum Gasteiger partial charge on any atom is -0.0958 e. The first kappa shape index (κ1) is 10.0. The van der Waals surface area contributed by atoms with Crippen molar-refractivity contribution in [3.05, 3.63) is 34.1 Å². The fourth-order valence-electron chi connectivity index (χ4n) is 0.857. The summed E-state index contributed by atoms with van der Waals surface area (Å²) in [5.41, 5.74) is 2.64. The summed E-state index contributed by atoms with van der Waals surface area (Å²) in [4.78, 5) is 0. The van der Waals surface area contributed by atoms with Crippen molar-refractivity contribution >= 4 is 21.6 Å². The van der Waals surface area contributed by atoms with E-state index in [0.717, 1.165) is 12.8 Å². The van der Waals surface area contributed by atoms with E-state index in [2.05, 4.69) is 32.6 Å². The van der Waals surface area contributed by atoms with Crippen LogP contribution in [0.25, 0.3) is 0 Å². The van der Waals surface area contributed by atoms with Crippen LogP contribution in [-0.4, -0.2) is 0 Å². The van der Waals surface area contributed by atoms with Crippen LogP contribution < -0.4 is 0 Å². The second kappa shape index (κ2) is 4.83. The van der Waals surface area contributed by atoms with E-state index in [1.54, 1.807) is 0 Å². The van der Waals surface area contributed by atoms with Crippen LogP contribution in [0.15, 0.2) is 34.1 Å². The Hall–Kier alpha value is -0.0800. The molecule has 0 atom stereocenters. The summed E-state index contributed by atoms with van der Waals surface area (Å²) in [7, 11) is 3.68. The lowest BCUT2D eigenvalue weighted by Crippen LogP contribution is -1.75. The summed E-state index contributed by atoms with van der Waals surface area (Å²) in [6, 6.07) is 0. The zero-order chi connectivity index (χ0) is 8.97. The molecule has 0 N–H and O–H groups in total. The Kier molecular flexibility index (Phi) is 4.02. The van der Waals surface area contributed by atoms with Gasteiger partial charge in [-0.2, -0.15) is 0 Å². The van der Waals surface area contributed by atoms with Gasteiger partial charge in [-0.1, -0.05) is 23.8 Å². The first-order valence-corrected chi connectivity index (χ1v) is 6.21. The van der Waals surface area contributed by atoms with Gasteiger partial charge >= 0.3 is 0 Å². The molecular weight excluding hydrogens is 184 g/mol. The molecule has 0 radical (unpaired) electrons. The molecule has 0 aromatic heterocycles. The van der Waals surface area contributed by atoms with E-state index in [4.69, 9.17) is 0 Å². The average Bonchev–Trinajstić information content (AvgIpc) is 2.70. The highest BCUT2D eigenvalue weighted by Gasteiger charge is 2.13. The van der Waals surface area contributed by atoms with Gasteiger partial charge in [0.15, 0.2) is 0 Å². The molecule has 66 valence electrons. The molecule has 1 saturated heterocycles. The number of rotatable bonds is 4. The highest BCUT2D eigenvalue weighted by atomic mass is 33.2. The van der Waals surface area contributed by atoms with Crippen LogP contribution in [0, 0.1) is 0 Å². The largest absolute Gasteiger partial charge is 0.0958 e. The lowest BCUT2D eigenvalue weighted by molar-refractivity contribution is 0.999. The average molecular weight is 198 g/mol. The van der Waals surface area contributed by atoms with Gasteiger partial charge in [-0.15, -0.1) is 0 Å². The van der Waals surface area contributed by atoms with E-state index in [-0.39, 0.29) is 0 Å². The molecule has 1 rings (SSSR count). The van der Waals surface area contributed by atoms with Crippen molar-refractivity contribution in [2.45, 2.75) is 26.7 Å². The highest BCUT2D eigenvalue weighted by Crippen LogP contribution is 2.58. The molecule has 0 unspecified atom stereocenters. The van der Waals surface area contributed by atoms with Gasteiger partial charge in [-0.25, -0.2) is 0 Å². The van der Waals surface area contributed by atoms with Crippen LogP contribution >= 0.6 is 21.6 Å². The maximum absolute atomic E-state index is 4.00. The van der Waals surface area contributed by atoms with E-state index < -0.39 is 0 Å². The van der Waals surface area contributed by atoms with Crippen molar-refractivity contribution in [1.29, 1.82) is 0 Å². The highest BCUT2D eigenvalue weighted by molar-refractivity contribution is 8.96. The Balaban J connectivity index is 2.18. The molecule has 12 heavy (non-hydrogen) atoms. The van der Waals surface area contributed by atoms with Gasteiger partial charge in [0.1, 0.15) is 0 Å². The second-order valence-electron chi connectivity index (χ2n) is 3.11. The molecule has 0 bridgehead atoms. The Bertz CT molecular complexity index is 226. The maximum atomic E-state index is 4.00. The van der Waals surface area contributed by atoms with Gasteiger partial charge in [0.2, 0.25) is 0 Å². The standard InChI is InChI=1S/C10H14S2/c1-8(2)5-4-6-9(3)7-10-11-12-10/h5,7H,3-4,6H2,1-2H3. The van der Waals surface area contributed by atoms with Crippen molar-refractivity contribution in [3.8, 4) is 0 Å².